The summed E-state index contributed by atoms with van der Waals surface area (Å²) < 4.78 is 35.7. The standard InChI is InChI=1S/C30H40N2O7S/c1-8-23-25(36-17-19-9-13-21(34-6)14-10-19)26(37-18-20-11-15-22(35-7)16-12-20)24-27(38-23)40-28(31-24)32(5)29(33)39-30(2,3)4/h9-16,23-27H,8,17-18H2,1-7H3/t23-,24-,25-,26-,27-/m1/s1. The smallest absolute Gasteiger partial charge is 0.416 e. The van der Waals surface area contributed by atoms with Crippen LogP contribution in [0.5, 0.6) is 11.5 Å². The number of amides is 1. The number of amidine groups is 1. The molecular weight excluding hydrogens is 532 g/mol. The Morgan fingerprint density at radius 3 is 1.93 bits per heavy atom. The van der Waals surface area contributed by atoms with E-state index in [1.54, 1.807) is 21.3 Å². The summed E-state index contributed by atoms with van der Waals surface area (Å²) in [6.45, 7) is 8.34. The van der Waals surface area contributed by atoms with Crippen LogP contribution in [-0.4, -0.2) is 72.8 Å². The van der Waals surface area contributed by atoms with Crippen LogP contribution in [0.4, 0.5) is 4.79 Å². The molecule has 0 bridgehead atoms. The van der Waals surface area contributed by atoms with Gasteiger partial charge in [0.2, 0.25) is 0 Å². The third-order valence-electron chi connectivity index (χ3n) is 6.66. The van der Waals surface area contributed by atoms with Crippen molar-refractivity contribution in [2.75, 3.05) is 21.3 Å². The molecule has 2 aliphatic rings. The van der Waals surface area contributed by atoms with E-state index in [0.717, 1.165) is 29.0 Å². The fourth-order valence-electron chi connectivity index (χ4n) is 4.51. The molecule has 0 unspecified atom stereocenters. The van der Waals surface area contributed by atoms with Crippen molar-refractivity contribution in [3.63, 3.8) is 0 Å². The number of hydrogen-bond acceptors (Lipinski definition) is 9. The van der Waals surface area contributed by atoms with Crippen LogP contribution in [0.2, 0.25) is 0 Å². The molecule has 218 valence electrons. The molecule has 0 aliphatic carbocycles. The van der Waals surface area contributed by atoms with E-state index in [4.69, 9.17) is 33.4 Å². The number of benzene rings is 2. The minimum absolute atomic E-state index is 0.214. The summed E-state index contributed by atoms with van der Waals surface area (Å²) in [5, 5.41) is 0.535. The second-order valence-electron chi connectivity index (χ2n) is 10.8. The van der Waals surface area contributed by atoms with Gasteiger partial charge in [-0.15, -0.1) is 0 Å². The Morgan fingerprint density at radius 1 is 0.925 bits per heavy atom. The van der Waals surface area contributed by atoms with E-state index < -0.39 is 17.8 Å². The minimum atomic E-state index is -0.615. The number of fused-ring (bicyclic) bond motifs is 1. The Kier molecular flexibility index (Phi) is 9.99. The molecule has 0 N–H and O–H groups in total. The number of ether oxygens (including phenoxy) is 6. The number of carbonyl (C=O) groups excluding carboxylic acids is 1. The Bertz CT molecular complexity index is 1150. The first kappa shape index (κ1) is 30.2. The zero-order valence-corrected chi connectivity index (χ0v) is 25.1. The SMILES string of the molecule is CC[C@H]1O[C@@H]2SC(N(C)C(=O)OC(C)(C)C)=N[C@@H]2[C@@H](OCc2ccc(OC)cc2)[C@@H]1OCc1ccc(OC)cc1. The monoisotopic (exact) mass is 572 g/mol. The fourth-order valence-corrected chi connectivity index (χ4v) is 5.69. The lowest BCUT2D eigenvalue weighted by Crippen LogP contribution is -2.56. The lowest BCUT2D eigenvalue weighted by molar-refractivity contribution is -0.197. The van der Waals surface area contributed by atoms with Crippen LogP contribution < -0.4 is 9.47 Å². The summed E-state index contributed by atoms with van der Waals surface area (Å²) in [4.78, 5) is 19.1. The Hall–Kier alpha value is -2.79. The molecule has 0 radical (unpaired) electrons. The van der Waals surface area contributed by atoms with Crippen molar-refractivity contribution >= 4 is 23.0 Å². The number of nitrogens with zero attached hydrogens (tertiary/aromatic N) is 2. The van der Waals surface area contributed by atoms with Gasteiger partial charge in [-0.1, -0.05) is 43.0 Å². The average Bonchev–Trinajstić information content (AvgIpc) is 3.37. The van der Waals surface area contributed by atoms with Gasteiger partial charge in [0.1, 0.15) is 40.8 Å². The molecule has 2 aliphatic heterocycles. The predicted octanol–water partition coefficient (Wildman–Crippen LogP) is 5.65. The van der Waals surface area contributed by atoms with Crippen LogP contribution in [0.25, 0.3) is 0 Å². The van der Waals surface area contributed by atoms with Gasteiger partial charge in [0.15, 0.2) is 5.17 Å². The molecular formula is C30H40N2O7S. The molecule has 2 heterocycles. The van der Waals surface area contributed by atoms with Crippen molar-refractivity contribution in [1.82, 2.24) is 4.90 Å². The summed E-state index contributed by atoms with van der Waals surface area (Å²) in [6.07, 6.45) is -0.721. The zero-order chi connectivity index (χ0) is 28.9. The van der Waals surface area contributed by atoms with Gasteiger partial charge >= 0.3 is 6.09 Å². The number of hydrogen-bond donors (Lipinski definition) is 0. The maximum absolute atomic E-state index is 12.8. The first-order valence-corrected chi connectivity index (χ1v) is 14.4. The molecule has 40 heavy (non-hydrogen) atoms. The van der Waals surface area contributed by atoms with Gasteiger partial charge in [-0.2, -0.15) is 0 Å². The van der Waals surface area contributed by atoms with Gasteiger partial charge < -0.3 is 28.4 Å². The molecule has 2 aromatic carbocycles. The van der Waals surface area contributed by atoms with Crippen molar-refractivity contribution in [2.45, 2.75) is 82.7 Å². The summed E-state index contributed by atoms with van der Waals surface area (Å²) >= 11 is 1.41. The van der Waals surface area contributed by atoms with Crippen LogP contribution in [0.3, 0.4) is 0 Å². The molecule has 1 fully saturated rings. The number of thioether (sulfide) groups is 1. The third kappa shape index (κ3) is 7.48. The fraction of sp³-hybridized carbons (Fsp3) is 0.533. The Morgan fingerprint density at radius 2 is 1.45 bits per heavy atom. The topological polar surface area (TPSA) is 88.1 Å². The second-order valence-corrected chi connectivity index (χ2v) is 11.8. The van der Waals surface area contributed by atoms with Crippen LogP contribution in [-0.2, 0) is 32.2 Å². The number of rotatable bonds is 9. The molecule has 0 saturated carbocycles. The van der Waals surface area contributed by atoms with Gasteiger partial charge in [-0.05, 0) is 62.6 Å². The summed E-state index contributed by atoms with van der Waals surface area (Å²) in [5.74, 6) is 1.58. The lowest BCUT2D eigenvalue weighted by Gasteiger charge is -2.42. The van der Waals surface area contributed by atoms with Crippen LogP contribution in [0.15, 0.2) is 53.5 Å². The number of carbonyl (C=O) groups is 1. The van der Waals surface area contributed by atoms with E-state index in [9.17, 15) is 4.79 Å². The van der Waals surface area contributed by atoms with E-state index >= 15 is 0 Å². The molecule has 10 heteroatoms. The first-order chi connectivity index (χ1) is 19.1. The molecule has 0 spiro atoms. The molecule has 0 aromatic heterocycles. The Balaban J connectivity index is 1.57. The summed E-state index contributed by atoms with van der Waals surface area (Å²) in [7, 11) is 4.96. The largest absolute Gasteiger partial charge is 0.497 e. The molecule has 4 rings (SSSR count). The van der Waals surface area contributed by atoms with Gasteiger partial charge in [0.05, 0.1) is 33.5 Å². The number of methoxy groups -OCH3 is 2. The highest BCUT2D eigenvalue weighted by atomic mass is 32.2. The molecule has 2 aromatic rings. The van der Waals surface area contributed by atoms with Crippen molar-refractivity contribution in [3.8, 4) is 11.5 Å². The molecule has 5 atom stereocenters. The molecule has 1 amide bonds. The summed E-state index contributed by atoms with van der Waals surface area (Å²) in [6, 6.07) is 15.2. The van der Waals surface area contributed by atoms with Gasteiger partial charge in [-0.3, -0.25) is 9.89 Å². The highest BCUT2D eigenvalue weighted by Gasteiger charge is 2.51. The number of aliphatic imine (C=N–C) groups is 1. The highest BCUT2D eigenvalue weighted by molar-refractivity contribution is 8.14. The van der Waals surface area contributed by atoms with Crippen LogP contribution >= 0.6 is 11.8 Å². The van der Waals surface area contributed by atoms with Crippen molar-refractivity contribution in [2.24, 2.45) is 4.99 Å². The van der Waals surface area contributed by atoms with E-state index in [1.165, 1.54) is 16.7 Å². The van der Waals surface area contributed by atoms with E-state index in [2.05, 4.69) is 6.92 Å². The van der Waals surface area contributed by atoms with Gasteiger partial charge in [-0.25, -0.2) is 4.79 Å². The zero-order valence-electron chi connectivity index (χ0n) is 24.3. The van der Waals surface area contributed by atoms with Crippen molar-refractivity contribution in [1.29, 1.82) is 0 Å². The highest BCUT2D eigenvalue weighted by Crippen LogP contribution is 2.41. The third-order valence-corrected chi connectivity index (χ3v) is 7.87. The van der Waals surface area contributed by atoms with Gasteiger partial charge in [0, 0.05) is 7.05 Å². The van der Waals surface area contributed by atoms with Crippen molar-refractivity contribution in [3.05, 3.63) is 59.7 Å². The van der Waals surface area contributed by atoms with Crippen molar-refractivity contribution < 1.29 is 33.2 Å². The Labute approximate surface area is 241 Å². The molecule has 1 saturated heterocycles. The first-order valence-electron chi connectivity index (χ1n) is 13.5. The lowest BCUT2D eigenvalue weighted by atomic mass is 9.96. The van der Waals surface area contributed by atoms with Gasteiger partial charge in [0.25, 0.3) is 0 Å². The summed E-state index contributed by atoms with van der Waals surface area (Å²) in [5.41, 5.74) is 1.09. The second kappa shape index (κ2) is 13.2. The van der Waals surface area contributed by atoms with Crippen LogP contribution in [0, 0.1) is 0 Å². The minimum Gasteiger partial charge on any atom is -0.497 e. The maximum Gasteiger partial charge on any atom is 0.416 e. The van der Waals surface area contributed by atoms with E-state index in [0.29, 0.717) is 18.4 Å². The van der Waals surface area contributed by atoms with E-state index in [1.807, 2.05) is 69.3 Å². The molecule has 9 nitrogen and oxygen atoms in total. The van der Waals surface area contributed by atoms with Crippen LogP contribution in [0.1, 0.15) is 45.2 Å². The maximum atomic E-state index is 12.8. The van der Waals surface area contributed by atoms with E-state index in [-0.39, 0.29) is 23.7 Å². The predicted molar refractivity (Wildman–Crippen MR) is 155 cm³/mol. The average molecular weight is 573 g/mol. The quantitative estimate of drug-likeness (QED) is 0.381. The normalized spacial score (nSPS) is 24.2.